The highest BCUT2D eigenvalue weighted by molar-refractivity contribution is 7.26. The van der Waals surface area contributed by atoms with Gasteiger partial charge < -0.3 is 4.90 Å². The minimum Gasteiger partial charge on any atom is -0.308 e. The van der Waals surface area contributed by atoms with Gasteiger partial charge in [0.15, 0.2) is 0 Å². The summed E-state index contributed by atoms with van der Waals surface area (Å²) in [5, 5.41) is 5.11. The van der Waals surface area contributed by atoms with Crippen molar-refractivity contribution in [2.75, 3.05) is 4.90 Å². The van der Waals surface area contributed by atoms with Crippen molar-refractivity contribution in [3.63, 3.8) is 0 Å². The summed E-state index contributed by atoms with van der Waals surface area (Å²) in [6, 6.07) is 63.3. The van der Waals surface area contributed by atoms with Crippen LogP contribution in [0.1, 0.15) is 51.3 Å². The first-order valence-corrected chi connectivity index (χ1v) is 20.2. The quantitative estimate of drug-likeness (QED) is 0.171. The van der Waals surface area contributed by atoms with Crippen molar-refractivity contribution in [2.45, 2.75) is 45.4 Å². The number of fused-ring (bicyclic) bond motifs is 7. The van der Waals surface area contributed by atoms with E-state index in [1.165, 1.54) is 86.7 Å². The normalized spacial score (nSPS) is 13.3. The first kappa shape index (κ1) is 33.6. The second-order valence-electron chi connectivity index (χ2n) is 16.6. The van der Waals surface area contributed by atoms with Crippen LogP contribution in [0, 0.1) is 0 Å². The van der Waals surface area contributed by atoms with E-state index in [1.807, 2.05) is 11.3 Å². The Labute approximate surface area is 328 Å². The summed E-state index contributed by atoms with van der Waals surface area (Å²) in [5.41, 5.74) is 15.2. The molecule has 2 heteroatoms. The molecule has 55 heavy (non-hydrogen) atoms. The van der Waals surface area contributed by atoms with Crippen LogP contribution < -0.4 is 4.90 Å². The van der Waals surface area contributed by atoms with Crippen LogP contribution in [0.25, 0.3) is 64.3 Å². The van der Waals surface area contributed by atoms with Gasteiger partial charge in [0, 0.05) is 32.1 Å². The number of rotatable bonds is 5. The monoisotopic (exact) mass is 725 g/mol. The Morgan fingerprint density at radius 2 is 1.16 bits per heavy atom. The molecule has 1 nitrogen and oxygen atoms in total. The lowest BCUT2D eigenvalue weighted by Gasteiger charge is -2.29. The van der Waals surface area contributed by atoms with Gasteiger partial charge in [-0.25, -0.2) is 0 Å². The van der Waals surface area contributed by atoms with Crippen LogP contribution >= 0.6 is 11.3 Å². The highest BCUT2D eigenvalue weighted by Gasteiger charge is 2.38. The standard InChI is InChI=1S/C53H43NS/c1-52(2,3)38-28-31-44-46(33-38)53(4,5)45-20-12-18-42(50(44)45)40-16-8-10-21-47(40)54(48-22-13-19-43-41-17-9-11-23-49(41)55-51(43)48)39-29-26-35(27-30-39)37-25-24-34-14-6-7-15-36(34)32-37/h6-33H,1-5H3. The van der Waals surface area contributed by atoms with Crippen LogP contribution in [0.4, 0.5) is 17.1 Å². The second-order valence-corrected chi connectivity index (χ2v) is 17.6. The number of hydrogen-bond acceptors (Lipinski definition) is 2. The number of hydrogen-bond donors (Lipinski definition) is 0. The predicted octanol–water partition coefficient (Wildman–Crippen LogP) is 15.6. The molecule has 0 amide bonds. The summed E-state index contributed by atoms with van der Waals surface area (Å²) in [6.45, 7) is 11.7. The highest BCUT2D eigenvalue weighted by Crippen LogP contribution is 2.55. The van der Waals surface area contributed by atoms with Gasteiger partial charge >= 0.3 is 0 Å². The van der Waals surface area contributed by atoms with Gasteiger partial charge in [-0.15, -0.1) is 11.3 Å². The lowest BCUT2D eigenvalue weighted by atomic mass is 9.79. The zero-order valence-corrected chi connectivity index (χ0v) is 32.8. The molecule has 0 spiro atoms. The molecule has 0 N–H and O–H groups in total. The largest absolute Gasteiger partial charge is 0.308 e. The van der Waals surface area contributed by atoms with E-state index >= 15 is 0 Å². The van der Waals surface area contributed by atoms with Crippen LogP contribution in [0.3, 0.4) is 0 Å². The number of nitrogens with zero attached hydrogens (tertiary/aromatic N) is 1. The van der Waals surface area contributed by atoms with Gasteiger partial charge in [0.25, 0.3) is 0 Å². The predicted molar refractivity (Wildman–Crippen MR) is 239 cm³/mol. The van der Waals surface area contributed by atoms with Crippen LogP contribution in [-0.2, 0) is 10.8 Å². The third kappa shape index (κ3) is 5.42. The molecule has 0 aliphatic heterocycles. The minimum atomic E-state index is -0.113. The molecule has 8 aromatic carbocycles. The van der Waals surface area contributed by atoms with Crippen LogP contribution in [0.5, 0.6) is 0 Å². The molecule has 9 aromatic rings. The third-order valence-corrected chi connectivity index (χ3v) is 13.0. The lowest BCUT2D eigenvalue weighted by Crippen LogP contribution is -2.17. The van der Waals surface area contributed by atoms with E-state index in [2.05, 4.69) is 209 Å². The van der Waals surface area contributed by atoms with Gasteiger partial charge in [0.2, 0.25) is 0 Å². The lowest BCUT2D eigenvalue weighted by molar-refractivity contribution is 0.584. The fourth-order valence-corrected chi connectivity index (χ4v) is 10.1. The zero-order valence-electron chi connectivity index (χ0n) is 32.0. The van der Waals surface area contributed by atoms with E-state index in [0.717, 1.165) is 11.4 Å². The molecule has 1 aromatic heterocycles. The van der Waals surface area contributed by atoms with E-state index in [9.17, 15) is 0 Å². The third-order valence-electron chi connectivity index (χ3n) is 11.8. The Morgan fingerprint density at radius 3 is 2.00 bits per heavy atom. The molecule has 1 aliphatic carbocycles. The molecule has 0 fully saturated rings. The van der Waals surface area contributed by atoms with Crippen molar-refractivity contribution in [3.8, 4) is 33.4 Å². The number of anilines is 3. The van der Waals surface area contributed by atoms with Gasteiger partial charge in [-0.3, -0.25) is 0 Å². The van der Waals surface area contributed by atoms with Crippen molar-refractivity contribution >= 4 is 59.3 Å². The summed E-state index contributed by atoms with van der Waals surface area (Å²) in [5.74, 6) is 0. The van der Waals surface area contributed by atoms with E-state index in [0.29, 0.717) is 0 Å². The van der Waals surface area contributed by atoms with Crippen molar-refractivity contribution in [1.29, 1.82) is 0 Å². The summed E-state index contributed by atoms with van der Waals surface area (Å²) >= 11 is 1.88. The average molecular weight is 726 g/mol. The topological polar surface area (TPSA) is 3.24 Å². The molecule has 0 unspecified atom stereocenters. The van der Waals surface area contributed by atoms with E-state index < -0.39 is 0 Å². The van der Waals surface area contributed by atoms with Crippen molar-refractivity contribution < 1.29 is 0 Å². The Kier molecular flexibility index (Phi) is 7.67. The SMILES string of the molecule is CC(C)(C)c1ccc2c(c1)C(C)(C)c1cccc(-c3ccccc3N(c3ccc(-c4ccc5ccccc5c4)cc3)c3cccc4c3sc3ccccc34)c1-2. The first-order valence-electron chi connectivity index (χ1n) is 19.3. The molecular weight excluding hydrogens is 683 g/mol. The Bertz CT molecular complexity index is 2940. The molecule has 0 saturated heterocycles. The van der Waals surface area contributed by atoms with Gasteiger partial charge in [-0.05, 0) is 97.1 Å². The van der Waals surface area contributed by atoms with E-state index in [4.69, 9.17) is 0 Å². The summed E-state index contributed by atoms with van der Waals surface area (Å²) in [4.78, 5) is 2.50. The van der Waals surface area contributed by atoms with Crippen molar-refractivity contribution in [3.05, 3.63) is 187 Å². The van der Waals surface area contributed by atoms with Gasteiger partial charge in [0.1, 0.15) is 0 Å². The van der Waals surface area contributed by atoms with E-state index in [1.54, 1.807) is 0 Å². The molecular formula is C53H43NS. The molecule has 0 saturated carbocycles. The second kappa shape index (κ2) is 12.5. The number of para-hydroxylation sites is 1. The maximum Gasteiger partial charge on any atom is 0.0640 e. The maximum absolute atomic E-state index is 2.50. The summed E-state index contributed by atoms with van der Waals surface area (Å²) < 4.78 is 2.59. The minimum absolute atomic E-state index is 0.0767. The van der Waals surface area contributed by atoms with Crippen LogP contribution in [0.2, 0.25) is 0 Å². The molecule has 266 valence electrons. The average Bonchev–Trinajstić information content (AvgIpc) is 3.70. The fourth-order valence-electron chi connectivity index (χ4n) is 8.86. The smallest absolute Gasteiger partial charge is 0.0640 e. The summed E-state index contributed by atoms with van der Waals surface area (Å²) in [7, 11) is 0. The Morgan fingerprint density at radius 1 is 0.491 bits per heavy atom. The van der Waals surface area contributed by atoms with Crippen molar-refractivity contribution in [1.82, 2.24) is 0 Å². The maximum atomic E-state index is 2.50. The first-order chi connectivity index (χ1) is 26.7. The molecule has 0 radical (unpaired) electrons. The molecule has 1 heterocycles. The number of thiophene rings is 1. The zero-order chi connectivity index (χ0) is 37.5. The molecule has 0 bridgehead atoms. The van der Waals surface area contributed by atoms with Crippen LogP contribution in [0.15, 0.2) is 170 Å². The van der Waals surface area contributed by atoms with Crippen LogP contribution in [-0.4, -0.2) is 0 Å². The highest BCUT2D eigenvalue weighted by atomic mass is 32.1. The van der Waals surface area contributed by atoms with Gasteiger partial charge in [-0.2, -0.15) is 0 Å². The molecule has 10 rings (SSSR count). The van der Waals surface area contributed by atoms with Crippen molar-refractivity contribution in [2.24, 2.45) is 0 Å². The van der Waals surface area contributed by atoms with Gasteiger partial charge in [0.05, 0.1) is 16.1 Å². The fraction of sp³-hybridized carbons (Fsp3) is 0.132. The Hall–Kier alpha value is -5.96. The summed E-state index contributed by atoms with van der Waals surface area (Å²) in [6.07, 6.45) is 0. The molecule has 0 atom stereocenters. The van der Waals surface area contributed by atoms with Gasteiger partial charge in [-0.1, -0.05) is 168 Å². The molecule has 1 aliphatic rings. The number of benzene rings is 8. The van der Waals surface area contributed by atoms with E-state index in [-0.39, 0.29) is 10.8 Å². The Balaban J connectivity index is 1.19.